The van der Waals surface area contributed by atoms with Crippen LogP contribution in [0.15, 0.2) is 24.3 Å². The van der Waals surface area contributed by atoms with Crippen LogP contribution in [0.2, 0.25) is 5.02 Å². The molecule has 0 spiro atoms. The molecule has 1 aliphatic heterocycles. The Kier molecular flexibility index (Phi) is 6.33. The molecule has 6 heteroatoms. The van der Waals surface area contributed by atoms with E-state index in [1.54, 1.807) is 36.3 Å². The van der Waals surface area contributed by atoms with Gasteiger partial charge >= 0.3 is 0 Å². The molecule has 1 amide bonds. The van der Waals surface area contributed by atoms with E-state index < -0.39 is 0 Å². The predicted molar refractivity (Wildman–Crippen MR) is 83.5 cm³/mol. The normalized spacial score (nSPS) is 18.1. The van der Waals surface area contributed by atoms with Gasteiger partial charge in [-0.2, -0.15) is 0 Å². The molecule has 1 aromatic rings. The summed E-state index contributed by atoms with van der Waals surface area (Å²) in [7, 11) is 1.59. The standard InChI is InChI=1S/C14H17ClN2O2.ClH/c1-19-13-4-3-11(15)8-10(13)2-5-14(18)17-7-6-12(16)9-17;/h2-5,8,12H,6-7,9,16H2,1H3;1H. The minimum absolute atomic E-state index is 0. The van der Waals surface area contributed by atoms with Crippen LogP contribution in [0.3, 0.4) is 0 Å². The van der Waals surface area contributed by atoms with Gasteiger partial charge in [-0.1, -0.05) is 11.6 Å². The molecule has 0 bridgehead atoms. The topological polar surface area (TPSA) is 55.6 Å². The monoisotopic (exact) mass is 316 g/mol. The van der Waals surface area contributed by atoms with Gasteiger partial charge in [0.2, 0.25) is 5.91 Å². The molecule has 0 radical (unpaired) electrons. The van der Waals surface area contributed by atoms with E-state index in [1.807, 2.05) is 0 Å². The van der Waals surface area contributed by atoms with Gasteiger partial charge in [-0.15, -0.1) is 12.4 Å². The Labute approximate surface area is 129 Å². The molecule has 2 N–H and O–H groups in total. The number of amides is 1. The maximum atomic E-state index is 12.0. The number of carbonyl (C=O) groups excluding carboxylic acids is 1. The molecule has 1 unspecified atom stereocenters. The van der Waals surface area contributed by atoms with Crippen LogP contribution in [0.25, 0.3) is 6.08 Å². The number of likely N-dealkylation sites (tertiary alicyclic amines) is 1. The van der Waals surface area contributed by atoms with Gasteiger partial charge in [0.15, 0.2) is 0 Å². The molecule has 1 atom stereocenters. The molecule has 0 aliphatic carbocycles. The van der Waals surface area contributed by atoms with Crippen molar-refractivity contribution in [2.45, 2.75) is 12.5 Å². The first-order valence-electron chi connectivity index (χ1n) is 6.16. The fourth-order valence-electron chi connectivity index (χ4n) is 2.09. The van der Waals surface area contributed by atoms with Crippen LogP contribution in [-0.2, 0) is 4.79 Å². The summed E-state index contributed by atoms with van der Waals surface area (Å²) in [6.07, 6.45) is 4.11. The highest BCUT2D eigenvalue weighted by Crippen LogP contribution is 2.24. The van der Waals surface area contributed by atoms with Crippen LogP contribution in [0, 0.1) is 0 Å². The van der Waals surface area contributed by atoms with Crippen LogP contribution >= 0.6 is 24.0 Å². The highest BCUT2D eigenvalue weighted by atomic mass is 35.5. The van der Waals surface area contributed by atoms with Crippen LogP contribution in [0.1, 0.15) is 12.0 Å². The molecule has 1 fully saturated rings. The number of nitrogens with two attached hydrogens (primary N) is 1. The molecule has 2 rings (SSSR count). The van der Waals surface area contributed by atoms with Gasteiger partial charge in [-0.25, -0.2) is 0 Å². The maximum absolute atomic E-state index is 12.0. The van der Waals surface area contributed by atoms with Crippen LogP contribution in [0.4, 0.5) is 0 Å². The highest BCUT2D eigenvalue weighted by molar-refractivity contribution is 6.30. The fourth-order valence-corrected chi connectivity index (χ4v) is 2.27. The van der Waals surface area contributed by atoms with Gasteiger partial charge in [-0.05, 0) is 30.7 Å². The number of carbonyl (C=O) groups is 1. The molecule has 110 valence electrons. The van der Waals surface area contributed by atoms with E-state index in [0.29, 0.717) is 17.3 Å². The van der Waals surface area contributed by atoms with E-state index in [2.05, 4.69) is 0 Å². The molecule has 1 aliphatic rings. The number of hydrogen-bond donors (Lipinski definition) is 1. The first kappa shape index (κ1) is 16.8. The molecule has 0 aromatic heterocycles. The summed E-state index contributed by atoms with van der Waals surface area (Å²) in [5, 5.41) is 0.607. The van der Waals surface area contributed by atoms with Crippen molar-refractivity contribution >= 4 is 36.0 Å². The average Bonchev–Trinajstić information content (AvgIpc) is 2.83. The van der Waals surface area contributed by atoms with E-state index >= 15 is 0 Å². The molecule has 4 nitrogen and oxygen atoms in total. The third kappa shape index (κ3) is 4.13. The van der Waals surface area contributed by atoms with Gasteiger partial charge in [0, 0.05) is 35.8 Å². The third-order valence-electron chi connectivity index (χ3n) is 3.13. The van der Waals surface area contributed by atoms with Gasteiger partial charge < -0.3 is 15.4 Å². The molecule has 1 heterocycles. The van der Waals surface area contributed by atoms with E-state index in [4.69, 9.17) is 22.1 Å². The van der Waals surface area contributed by atoms with Crippen molar-refractivity contribution < 1.29 is 9.53 Å². The number of rotatable bonds is 3. The Morgan fingerprint density at radius 1 is 1.55 bits per heavy atom. The Hall–Kier alpha value is -1.23. The van der Waals surface area contributed by atoms with Crippen molar-refractivity contribution in [3.05, 3.63) is 34.9 Å². The van der Waals surface area contributed by atoms with Crippen molar-refractivity contribution in [3.8, 4) is 5.75 Å². The minimum Gasteiger partial charge on any atom is -0.496 e. The Bertz CT molecular complexity index is 506. The summed E-state index contributed by atoms with van der Waals surface area (Å²) in [4.78, 5) is 13.7. The second-order valence-corrected chi connectivity index (χ2v) is 4.99. The highest BCUT2D eigenvalue weighted by Gasteiger charge is 2.21. The number of nitrogens with zero attached hydrogens (tertiary/aromatic N) is 1. The molecular weight excluding hydrogens is 299 g/mol. The van der Waals surface area contributed by atoms with Crippen LogP contribution in [-0.4, -0.2) is 37.0 Å². The first-order valence-corrected chi connectivity index (χ1v) is 6.54. The molecule has 1 saturated heterocycles. The van der Waals surface area contributed by atoms with Crippen LogP contribution < -0.4 is 10.5 Å². The van der Waals surface area contributed by atoms with Crippen molar-refractivity contribution in [1.29, 1.82) is 0 Å². The average molecular weight is 317 g/mol. The van der Waals surface area contributed by atoms with E-state index in [9.17, 15) is 4.79 Å². The molecule has 0 saturated carbocycles. The Morgan fingerprint density at radius 2 is 2.30 bits per heavy atom. The van der Waals surface area contributed by atoms with Gasteiger partial charge in [0.25, 0.3) is 0 Å². The van der Waals surface area contributed by atoms with Crippen molar-refractivity contribution in [1.82, 2.24) is 4.90 Å². The second kappa shape index (κ2) is 7.53. The summed E-state index contributed by atoms with van der Waals surface area (Å²) in [6.45, 7) is 1.34. The SMILES string of the molecule is COc1ccc(Cl)cc1C=CC(=O)N1CCC(N)C1.Cl. The second-order valence-electron chi connectivity index (χ2n) is 4.55. The molecule has 1 aromatic carbocycles. The Morgan fingerprint density at radius 3 is 2.90 bits per heavy atom. The smallest absolute Gasteiger partial charge is 0.246 e. The summed E-state index contributed by atoms with van der Waals surface area (Å²) >= 11 is 5.93. The number of hydrogen-bond acceptors (Lipinski definition) is 3. The lowest BCUT2D eigenvalue weighted by Crippen LogP contribution is -2.30. The zero-order valence-electron chi connectivity index (χ0n) is 11.2. The summed E-state index contributed by atoms with van der Waals surface area (Å²) < 4.78 is 5.22. The lowest BCUT2D eigenvalue weighted by Gasteiger charge is -2.12. The molecule has 20 heavy (non-hydrogen) atoms. The third-order valence-corrected chi connectivity index (χ3v) is 3.37. The predicted octanol–water partition coefficient (Wildman–Crippen LogP) is 2.34. The zero-order valence-corrected chi connectivity index (χ0v) is 12.8. The lowest BCUT2D eigenvalue weighted by molar-refractivity contribution is -0.124. The van der Waals surface area contributed by atoms with E-state index in [1.165, 1.54) is 6.08 Å². The largest absolute Gasteiger partial charge is 0.496 e. The van der Waals surface area contributed by atoms with Crippen LogP contribution in [0.5, 0.6) is 5.75 Å². The molecular formula is C14H18Cl2N2O2. The van der Waals surface area contributed by atoms with Crippen molar-refractivity contribution in [2.75, 3.05) is 20.2 Å². The van der Waals surface area contributed by atoms with E-state index in [-0.39, 0.29) is 24.4 Å². The number of ether oxygens (including phenoxy) is 1. The summed E-state index contributed by atoms with van der Waals surface area (Å²) in [5.41, 5.74) is 6.56. The van der Waals surface area contributed by atoms with Crippen molar-refractivity contribution in [2.24, 2.45) is 5.73 Å². The summed E-state index contributed by atoms with van der Waals surface area (Å²) in [6, 6.07) is 5.38. The quantitative estimate of drug-likeness (QED) is 0.871. The number of halogens is 2. The van der Waals surface area contributed by atoms with Gasteiger partial charge in [-0.3, -0.25) is 4.79 Å². The number of benzene rings is 1. The maximum Gasteiger partial charge on any atom is 0.246 e. The number of methoxy groups -OCH3 is 1. The first-order chi connectivity index (χ1) is 9.10. The van der Waals surface area contributed by atoms with Crippen molar-refractivity contribution in [3.63, 3.8) is 0 Å². The lowest BCUT2D eigenvalue weighted by atomic mass is 10.2. The zero-order chi connectivity index (χ0) is 13.8. The summed E-state index contributed by atoms with van der Waals surface area (Å²) in [5.74, 6) is 0.654. The fraction of sp³-hybridized carbons (Fsp3) is 0.357. The van der Waals surface area contributed by atoms with Gasteiger partial charge in [0.1, 0.15) is 5.75 Å². The minimum atomic E-state index is -0.0324. The van der Waals surface area contributed by atoms with Gasteiger partial charge in [0.05, 0.1) is 7.11 Å². The Balaban J connectivity index is 0.00000200. The van der Waals surface area contributed by atoms with E-state index in [0.717, 1.165) is 18.5 Å².